The van der Waals surface area contributed by atoms with Crippen molar-refractivity contribution in [3.63, 3.8) is 0 Å². The Morgan fingerprint density at radius 3 is 1.78 bits per heavy atom. The number of alkyl carbamates (subject to hydrolysis) is 1. The van der Waals surface area contributed by atoms with Crippen LogP contribution in [0.5, 0.6) is 0 Å². The molecule has 0 heterocycles. The minimum absolute atomic E-state index is 0.0809. The summed E-state index contributed by atoms with van der Waals surface area (Å²) in [4.78, 5) is 22.6. The molecule has 0 spiro atoms. The first-order valence-corrected chi connectivity index (χ1v) is 6.06. The molecule has 0 aromatic carbocycles. The smallest absolute Gasteiger partial charge is 0.407 e. The van der Waals surface area contributed by atoms with Gasteiger partial charge in [-0.3, -0.25) is 4.79 Å². The van der Waals surface area contributed by atoms with Gasteiger partial charge in [-0.2, -0.15) is 0 Å². The molecule has 0 saturated carbocycles. The van der Waals surface area contributed by atoms with Crippen molar-refractivity contribution in [2.24, 2.45) is 10.8 Å². The lowest BCUT2D eigenvalue weighted by atomic mass is 9.99. The standard InChI is InChI=1S/C13H25NO4/c1-12(2,3)8-17-10(15)7-14-11(16)18-9-13(4,5)6/h7-9H2,1-6H3,(H,14,16). The second-order valence-electron chi connectivity index (χ2n) is 6.71. The van der Waals surface area contributed by atoms with E-state index < -0.39 is 12.1 Å². The third kappa shape index (κ3) is 11.2. The topological polar surface area (TPSA) is 64.6 Å². The summed E-state index contributed by atoms with van der Waals surface area (Å²) in [6, 6.07) is 0. The van der Waals surface area contributed by atoms with Gasteiger partial charge in [0.2, 0.25) is 0 Å². The van der Waals surface area contributed by atoms with Crippen LogP contribution in [0.15, 0.2) is 0 Å². The summed E-state index contributed by atoms with van der Waals surface area (Å²) in [7, 11) is 0. The van der Waals surface area contributed by atoms with E-state index in [1.165, 1.54) is 0 Å². The van der Waals surface area contributed by atoms with Gasteiger partial charge in [-0.05, 0) is 10.8 Å². The minimum atomic E-state index is -0.599. The molecule has 0 unspecified atom stereocenters. The number of hydrogen-bond acceptors (Lipinski definition) is 4. The summed E-state index contributed by atoms with van der Waals surface area (Å²) in [6.45, 7) is 12.2. The number of rotatable bonds is 4. The molecule has 5 nitrogen and oxygen atoms in total. The Hall–Kier alpha value is -1.26. The minimum Gasteiger partial charge on any atom is -0.464 e. The first-order valence-electron chi connectivity index (χ1n) is 6.06. The molecule has 1 amide bonds. The van der Waals surface area contributed by atoms with Crippen LogP contribution < -0.4 is 5.32 Å². The molecule has 0 aromatic rings. The van der Waals surface area contributed by atoms with Crippen molar-refractivity contribution in [2.45, 2.75) is 41.5 Å². The number of esters is 1. The first kappa shape index (κ1) is 16.7. The Morgan fingerprint density at radius 1 is 0.889 bits per heavy atom. The summed E-state index contributed by atoms with van der Waals surface area (Å²) < 4.78 is 9.94. The molecule has 0 fully saturated rings. The van der Waals surface area contributed by atoms with E-state index >= 15 is 0 Å². The highest BCUT2D eigenvalue weighted by atomic mass is 16.6. The zero-order valence-electron chi connectivity index (χ0n) is 12.3. The first-order chi connectivity index (χ1) is 7.99. The monoisotopic (exact) mass is 259 g/mol. The van der Waals surface area contributed by atoms with Crippen molar-refractivity contribution in [2.75, 3.05) is 19.8 Å². The molecular formula is C13H25NO4. The van der Waals surface area contributed by atoms with Crippen LogP contribution in [-0.4, -0.2) is 31.8 Å². The number of amides is 1. The number of hydrogen-bond donors (Lipinski definition) is 1. The van der Waals surface area contributed by atoms with Crippen molar-refractivity contribution in [1.82, 2.24) is 5.32 Å². The zero-order valence-corrected chi connectivity index (χ0v) is 12.3. The normalized spacial score (nSPS) is 11.9. The fraction of sp³-hybridized carbons (Fsp3) is 0.846. The van der Waals surface area contributed by atoms with Gasteiger partial charge in [-0.1, -0.05) is 41.5 Å². The Kier molecular flexibility index (Phi) is 6.15. The van der Waals surface area contributed by atoms with Crippen LogP contribution in [0.2, 0.25) is 0 Å². The van der Waals surface area contributed by atoms with Crippen LogP contribution in [0.3, 0.4) is 0 Å². The van der Waals surface area contributed by atoms with Gasteiger partial charge in [0.1, 0.15) is 6.54 Å². The highest BCUT2D eigenvalue weighted by Crippen LogP contribution is 2.13. The lowest BCUT2D eigenvalue weighted by Gasteiger charge is -2.19. The predicted octanol–water partition coefficient (Wildman–Crippen LogP) is 2.35. The van der Waals surface area contributed by atoms with E-state index in [2.05, 4.69) is 5.32 Å². The van der Waals surface area contributed by atoms with Gasteiger partial charge in [0.25, 0.3) is 0 Å². The lowest BCUT2D eigenvalue weighted by molar-refractivity contribution is -0.145. The fourth-order valence-electron chi connectivity index (χ4n) is 0.825. The lowest BCUT2D eigenvalue weighted by Crippen LogP contribution is -2.34. The Morgan fingerprint density at radius 2 is 1.33 bits per heavy atom. The van der Waals surface area contributed by atoms with Crippen molar-refractivity contribution < 1.29 is 19.1 Å². The molecule has 0 aliphatic carbocycles. The van der Waals surface area contributed by atoms with Gasteiger partial charge in [-0.15, -0.1) is 0 Å². The summed E-state index contributed by atoms with van der Waals surface area (Å²) in [5, 5.41) is 2.36. The molecule has 106 valence electrons. The number of carbonyl (C=O) groups is 2. The molecule has 0 aliphatic rings. The van der Waals surface area contributed by atoms with E-state index in [-0.39, 0.29) is 17.4 Å². The van der Waals surface area contributed by atoms with Crippen molar-refractivity contribution in [3.8, 4) is 0 Å². The molecule has 0 rings (SSSR count). The number of ether oxygens (including phenoxy) is 2. The Balaban J connectivity index is 3.76. The molecule has 0 bridgehead atoms. The average molecular weight is 259 g/mol. The summed E-state index contributed by atoms with van der Waals surface area (Å²) in [6.07, 6.45) is -0.599. The van der Waals surface area contributed by atoms with Crippen LogP contribution >= 0.6 is 0 Å². The molecule has 0 aromatic heterocycles. The van der Waals surface area contributed by atoms with Gasteiger partial charge >= 0.3 is 12.1 Å². The van der Waals surface area contributed by atoms with Gasteiger partial charge < -0.3 is 14.8 Å². The highest BCUT2D eigenvalue weighted by Gasteiger charge is 2.16. The van der Waals surface area contributed by atoms with Crippen molar-refractivity contribution in [3.05, 3.63) is 0 Å². The van der Waals surface area contributed by atoms with Gasteiger partial charge in [0, 0.05) is 0 Å². The fourth-order valence-corrected chi connectivity index (χ4v) is 0.825. The second-order valence-corrected chi connectivity index (χ2v) is 6.71. The molecule has 18 heavy (non-hydrogen) atoms. The molecule has 5 heteroatoms. The highest BCUT2D eigenvalue weighted by molar-refractivity contribution is 5.77. The summed E-state index contributed by atoms with van der Waals surface area (Å²) >= 11 is 0. The molecule has 0 aliphatic heterocycles. The average Bonchev–Trinajstić information content (AvgIpc) is 2.18. The molecule has 0 atom stereocenters. The van der Waals surface area contributed by atoms with Crippen molar-refractivity contribution in [1.29, 1.82) is 0 Å². The van der Waals surface area contributed by atoms with E-state index in [0.717, 1.165) is 0 Å². The Bertz CT molecular complexity index is 256. The maximum Gasteiger partial charge on any atom is 0.407 e. The van der Waals surface area contributed by atoms with Gasteiger partial charge in [0.15, 0.2) is 0 Å². The number of carbonyl (C=O) groups excluding carboxylic acids is 2. The van der Waals surface area contributed by atoms with Crippen molar-refractivity contribution >= 4 is 12.1 Å². The van der Waals surface area contributed by atoms with Crippen LogP contribution in [0.1, 0.15) is 41.5 Å². The quantitative estimate of drug-likeness (QED) is 0.787. The largest absolute Gasteiger partial charge is 0.464 e. The maximum absolute atomic E-state index is 11.3. The zero-order chi connectivity index (χ0) is 14.4. The van der Waals surface area contributed by atoms with E-state index in [9.17, 15) is 9.59 Å². The van der Waals surface area contributed by atoms with Crippen LogP contribution in [-0.2, 0) is 14.3 Å². The molecular weight excluding hydrogens is 234 g/mol. The van der Waals surface area contributed by atoms with E-state index in [0.29, 0.717) is 13.2 Å². The SMILES string of the molecule is CC(C)(C)COC(=O)CNC(=O)OCC(C)(C)C. The van der Waals surface area contributed by atoms with E-state index in [1.54, 1.807) is 0 Å². The van der Waals surface area contributed by atoms with Gasteiger partial charge in [-0.25, -0.2) is 4.79 Å². The third-order valence-electron chi connectivity index (χ3n) is 1.68. The van der Waals surface area contributed by atoms with Crippen LogP contribution in [0.4, 0.5) is 4.79 Å². The molecule has 0 saturated heterocycles. The predicted molar refractivity (Wildman–Crippen MR) is 69.2 cm³/mol. The Labute approximate surface area is 109 Å². The molecule has 0 radical (unpaired) electrons. The van der Waals surface area contributed by atoms with Crippen LogP contribution in [0, 0.1) is 10.8 Å². The van der Waals surface area contributed by atoms with E-state index in [1.807, 2.05) is 41.5 Å². The maximum atomic E-state index is 11.3. The summed E-state index contributed by atoms with van der Waals surface area (Å²) in [5.74, 6) is -0.461. The molecule has 1 N–H and O–H groups in total. The van der Waals surface area contributed by atoms with E-state index in [4.69, 9.17) is 9.47 Å². The van der Waals surface area contributed by atoms with Gasteiger partial charge in [0.05, 0.1) is 13.2 Å². The second kappa shape index (κ2) is 6.61. The third-order valence-corrected chi connectivity index (χ3v) is 1.68. The summed E-state index contributed by atoms with van der Waals surface area (Å²) in [5.41, 5.74) is -0.174. The van der Waals surface area contributed by atoms with Crippen LogP contribution in [0.25, 0.3) is 0 Å². The number of nitrogens with one attached hydrogen (secondary N) is 1.